The lowest BCUT2D eigenvalue weighted by Gasteiger charge is -2.10. The first-order chi connectivity index (χ1) is 12.7. The second-order valence-corrected chi connectivity index (χ2v) is 5.53. The van der Waals surface area contributed by atoms with Gasteiger partial charge in [0.05, 0.1) is 25.5 Å². The molecule has 0 fully saturated rings. The molecular formula is C21H20N2O3. The molecule has 0 aliphatic heterocycles. The fourth-order valence-electron chi connectivity index (χ4n) is 2.74. The van der Waals surface area contributed by atoms with Crippen molar-refractivity contribution in [1.29, 1.82) is 0 Å². The Kier molecular flexibility index (Phi) is 5.49. The number of carbonyl (C=O) groups excluding carboxylic acids is 1. The largest absolute Gasteiger partial charge is 0.496 e. The van der Waals surface area contributed by atoms with E-state index in [1.165, 1.54) is 7.11 Å². The Balaban J connectivity index is 1.88. The number of fused-ring (bicyclic) bond motifs is 1. The third-order valence-corrected chi connectivity index (χ3v) is 3.94. The number of carbonyl (C=O) groups is 1. The van der Waals surface area contributed by atoms with Crippen LogP contribution in [0.5, 0.6) is 11.5 Å². The minimum absolute atomic E-state index is 0.336. The second-order valence-electron chi connectivity index (χ2n) is 5.53. The van der Waals surface area contributed by atoms with Gasteiger partial charge in [-0.05, 0) is 35.9 Å². The molecule has 0 spiro atoms. The highest BCUT2D eigenvalue weighted by Gasteiger charge is 2.11. The Morgan fingerprint density at radius 1 is 1.04 bits per heavy atom. The van der Waals surface area contributed by atoms with Crippen LogP contribution in [-0.4, -0.2) is 25.8 Å². The quantitative estimate of drug-likeness (QED) is 0.541. The molecule has 0 radical (unpaired) electrons. The van der Waals surface area contributed by atoms with Gasteiger partial charge in [-0.25, -0.2) is 5.43 Å². The molecular weight excluding hydrogens is 328 g/mol. The molecule has 3 aromatic carbocycles. The number of nitrogens with zero attached hydrogens (tertiary/aromatic N) is 1. The van der Waals surface area contributed by atoms with E-state index in [1.54, 1.807) is 24.4 Å². The lowest BCUT2D eigenvalue weighted by atomic mass is 10.0. The van der Waals surface area contributed by atoms with E-state index in [4.69, 9.17) is 9.47 Å². The maximum Gasteiger partial charge on any atom is 0.275 e. The van der Waals surface area contributed by atoms with E-state index < -0.39 is 0 Å². The number of methoxy groups -OCH3 is 1. The van der Waals surface area contributed by atoms with Gasteiger partial charge in [-0.1, -0.05) is 42.5 Å². The summed E-state index contributed by atoms with van der Waals surface area (Å²) in [6.45, 7) is 2.48. The molecule has 132 valence electrons. The van der Waals surface area contributed by atoms with Crippen molar-refractivity contribution in [2.75, 3.05) is 13.7 Å². The summed E-state index contributed by atoms with van der Waals surface area (Å²) in [6.07, 6.45) is 1.61. The van der Waals surface area contributed by atoms with Gasteiger partial charge in [0.15, 0.2) is 0 Å². The van der Waals surface area contributed by atoms with E-state index in [2.05, 4.69) is 10.5 Å². The van der Waals surface area contributed by atoms with Crippen LogP contribution in [0, 0.1) is 0 Å². The number of rotatable bonds is 6. The standard InChI is InChI=1S/C21H20N2O3/c1-3-26-20-13-12-15-8-4-5-9-16(15)18(20)14-22-23-21(24)17-10-6-7-11-19(17)25-2/h4-14H,3H2,1-2H3,(H,23,24)/b22-14-. The summed E-state index contributed by atoms with van der Waals surface area (Å²) in [4.78, 5) is 12.4. The molecule has 3 aromatic rings. The molecule has 26 heavy (non-hydrogen) atoms. The minimum atomic E-state index is -0.336. The van der Waals surface area contributed by atoms with Gasteiger partial charge in [0, 0.05) is 5.56 Å². The van der Waals surface area contributed by atoms with Gasteiger partial charge in [0.25, 0.3) is 5.91 Å². The Hall–Kier alpha value is -3.34. The van der Waals surface area contributed by atoms with Crippen LogP contribution in [0.1, 0.15) is 22.8 Å². The average molecular weight is 348 g/mol. The zero-order chi connectivity index (χ0) is 18.4. The normalized spacial score (nSPS) is 10.8. The first kappa shape index (κ1) is 17.5. The summed E-state index contributed by atoms with van der Waals surface area (Å²) in [6, 6.07) is 18.9. The van der Waals surface area contributed by atoms with Gasteiger partial charge >= 0.3 is 0 Å². The molecule has 5 heteroatoms. The van der Waals surface area contributed by atoms with Crippen LogP contribution in [0.25, 0.3) is 10.8 Å². The Morgan fingerprint density at radius 3 is 2.62 bits per heavy atom. The van der Waals surface area contributed by atoms with Crippen molar-refractivity contribution in [3.63, 3.8) is 0 Å². The van der Waals surface area contributed by atoms with E-state index >= 15 is 0 Å². The number of benzene rings is 3. The lowest BCUT2D eigenvalue weighted by molar-refractivity contribution is 0.0952. The number of hydrogen-bond acceptors (Lipinski definition) is 4. The zero-order valence-corrected chi connectivity index (χ0v) is 14.7. The van der Waals surface area contributed by atoms with Crippen LogP contribution in [0.3, 0.4) is 0 Å². The van der Waals surface area contributed by atoms with Crippen LogP contribution < -0.4 is 14.9 Å². The molecule has 0 bridgehead atoms. The fraction of sp³-hybridized carbons (Fsp3) is 0.143. The second kappa shape index (κ2) is 8.16. The third-order valence-electron chi connectivity index (χ3n) is 3.94. The monoisotopic (exact) mass is 348 g/mol. The van der Waals surface area contributed by atoms with Gasteiger partial charge < -0.3 is 9.47 Å². The van der Waals surface area contributed by atoms with E-state index in [9.17, 15) is 4.79 Å². The Labute approximate surface area is 152 Å². The summed E-state index contributed by atoms with van der Waals surface area (Å²) in [5, 5.41) is 6.21. The maximum atomic E-state index is 12.4. The van der Waals surface area contributed by atoms with Gasteiger partial charge in [-0.15, -0.1) is 0 Å². The van der Waals surface area contributed by atoms with Gasteiger partial charge in [0.2, 0.25) is 0 Å². The number of nitrogens with one attached hydrogen (secondary N) is 1. The fourth-order valence-corrected chi connectivity index (χ4v) is 2.74. The number of amides is 1. The van der Waals surface area contributed by atoms with Crippen LogP contribution >= 0.6 is 0 Å². The van der Waals surface area contributed by atoms with Crippen LogP contribution in [-0.2, 0) is 0 Å². The van der Waals surface area contributed by atoms with E-state index in [1.807, 2.05) is 49.4 Å². The summed E-state index contributed by atoms with van der Waals surface area (Å²) < 4.78 is 10.9. The number of ether oxygens (including phenoxy) is 2. The molecule has 1 N–H and O–H groups in total. The van der Waals surface area contributed by atoms with E-state index in [-0.39, 0.29) is 5.91 Å². The molecule has 1 amide bonds. The Bertz CT molecular complexity index is 951. The molecule has 0 aliphatic carbocycles. The molecule has 0 saturated carbocycles. The number of para-hydroxylation sites is 1. The average Bonchev–Trinajstić information content (AvgIpc) is 2.69. The van der Waals surface area contributed by atoms with Crippen molar-refractivity contribution in [1.82, 2.24) is 5.43 Å². The van der Waals surface area contributed by atoms with Crippen LogP contribution in [0.4, 0.5) is 0 Å². The summed E-state index contributed by atoms with van der Waals surface area (Å²) in [7, 11) is 1.53. The van der Waals surface area contributed by atoms with Crippen LogP contribution in [0.2, 0.25) is 0 Å². The first-order valence-corrected chi connectivity index (χ1v) is 8.35. The van der Waals surface area contributed by atoms with Crippen molar-refractivity contribution < 1.29 is 14.3 Å². The number of hydrazone groups is 1. The summed E-state index contributed by atoms with van der Waals surface area (Å²) in [5.41, 5.74) is 3.80. The molecule has 3 rings (SSSR count). The molecule has 0 aliphatic rings. The first-order valence-electron chi connectivity index (χ1n) is 8.35. The molecule has 5 nitrogen and oxygen atoms in total. The predicted octanol–water partition coefficient (Wildman–Crippen LogP) is 4.01. The molecule has 0 saturated heterocycles. The van der Waals surface area contributed by atoms with Crippen molar-refractivity contribution in [3.8, 4) is 11.5 Å². The smallest absolute Gasteiger partial charge is 0.275 e. The summed E-state index contributed by atoms with van der Waals surface area (Å²) in [5.74, 6) is 0.888. The highest BCUT2D eigenvalue weighted by Crippen LogP contribution is 2.26. The molecule has 0 heterocycles. The van der Waals surface area contributed by atoms with Gasteiger partial charge in [0.1, 0.15) is 11.5 Å². The molecule has 0 atom stereocenters. The third kappa shape index (κ3) is 3.67. The topological polar surface area (TPSA) is 59.9 Å². The van der Waals surface area contributed by atoms with Gasteiger partial charge in [-0.3, -0.25) is 4.79 Å². The number of hydrogen-bond donors (Lipinski definition) is 1. The van der Waals surface area contributed by atoms with E-state index in [0.717, 1.165) is 22.1 Å². The molecule has 0 unspecified atom stereocenters. The lowest BCUT2D eigenvalue weighted by Crippen LogP contribution is -2.18. The van der Waals surface area contributed by atoms with Crippen LogP contribution in [0.15, 0.2) is 65.8 Å². The van der Waals surface area contributed by atoms with Crippen molar-refractivity contribution in [3.05, 3.63) is 71.8 Å². The highest BCUT2D eigenvalue weighted by molar-refractivity contribution is 6.03. The van der Waals surface area contributed by atoms with Crippen molar-refractivity contribution in [2.24, 2.45) is 5.10 Å². The van der Waals surface area contributed by atoms with Crippen molar-refractivity contribution in [2.45, 2.75) is 6.92 Å². The van der Waals surface area contributed by atoms with Crippen molar-refractivity contribution >= 4 is 22.9 Å². The SMILES string of the molecule is CCOc1ccc2ccccc2c1/C=N\NC(=O)c1ccccc1OC. The maximum absolute atomic E-state index is 12.4. The summed E-state index contributed by atoms with van der Waals surface area (Å²) >= 11 is 0. The molecule has 0 aromatic heterocycles. The predicted molar refractivity (Wildman–Crippen MR) is 103 cm³/mol. The Morgan fingerprint density at radius 2 is 1.81 bits per heavy atom. The zero-order valence-electron chi connectivity index (χ0n) is 14.7. The van der Waals surface area contributed by atoms with E-state index in [0.29, 0.717) is 17.9 Å². The minimum Gasteiger partial charge on any atom is -0.496 e. The highest BCUT2D eigenvalue weighted by atomic mass is 16.5. The van der Waals surface area contributed by atoms with Gasteiger partial charge in [-0.2, -0.15) is 5.10 Å².